The Morgan fingerprint density at radius 2 is 1.77 bits per heavy atom. The molecule has 1 saturated carbocycles. The highest BCUT2D eigenvalue weighted by molar-refractivity contribution is 5.69. The van der Waals surface area contributed by atoms with Crippen LogP contribution >= 0.6 is 0 Å². The summed E-state index contributed by atoms with van der Waals surface area (Å²) in [6.45, 7) is 8.11. The van der Waals surface area contributed by atoms with E-state index in [2.05, 4.69) is 0 Å². The van der Waals surface area contributed by atoms with Crippen LogP contribution in [0.4, 0.5) is 4.79 Å². The molecule has 0 unspecified atom stereocenters. The van der Waals surface area contributed by atoms with Crippen LogP contribution in [-0.4, -0.2) is 64.8 Å². The number of ether oxygens (including phenoxy) is 1. The highest BCUT2D eigenvalue weighted by Gasteiger charge is 2.37. The summed E-state index contributed by atoms with van der Waals surface area (Å²) in [5.41, 5.74) is -0.463. The van der Waals surface area contributed by atoms with Gasteiger partial charge in [-0.25, -0.2) is 4.79 Å². The first kappa shape index (κ1) is 17.1. The lowest BCUT2D eigenvalue weighted by Crippen LogP contribution is -2.44. The Hall–Kier alpha value is -1.30. The van der Waals surface area contributed by atoms with Gasteiger partial charge < -0.3 is 14.7 Å². The predicted molar refractivity (Wildman–Crippen MR) is 82.8 cm³/mol. The Bertz CT molecular complexity index is 407. The molecular formula is C16H28N2O4. The molecule has 0 bridgehead atoms. The number of carbonyl (C=O) groups excluding carboxylic acids is 1. The molecule has 1 N–H and O–H groups in total. The number of aliphatic carboxylic acids is 1. The zero-order valence-corrected chi connectivity index (χ0v) is 13.9. The van der Waals surface area contributed by atoms with E-state index < -0.39 is 11.6 Å². The second-order valence-corrected chi connectivity index (χ2v) is 7.48. The number of hydrogen-bond acceptors (Lipinski definition) is 4. The lowest BCUT2D eigenvalue weighted by molar-refractivity contribution is -0.138. The summed E-state index contributed by atoms with van der Waals surface area (Å²) in [4.78, 5) is 26.9. The molecule has 0 atom stereocenters. The lowest BCUT2D eigenvalue weighted by Gasteiger charge is -2.35. The van der Waals surface area contributed by atoms with Crippen molar-refractivity contribution >= 4 is 12.1 Å². The minimum absolute atomic E-state index is 0.116. The number of hydrogen-bond donors (Lipinski definition) is 1. The molecule has 6 heteroatoms. The number of rotatable bonds is 5. The molecule has 1 saturated heterocycles. The van der Waals surface area contributed by atoms with Gasteiger partial charge in [0.25, 0.3) is 0 Å². The van der Waals surface area contributed by atoms with Gasteiger partial charge >= 0.3 is 12.1 Å². The number of carbonyl (C=O) groups is 2. The Labute approximate surface area is 132 Å². The van der Waals surface area contributed by atoms with Crippen molar-refractivity contribution in [3.63, 3.8) is 0 Å². The van der Waals surface area contributed by atoms with Gasteiger partial charge in [0, 0.05) is 12.6 Å². The monoisotopic (exact) mass is 312 g/mol. The van der Waals surface area contributed by atoms with E-state index in [1.807, 2.05) is 30.6 Å². The minimum atomic E-state index is -0.771. The highest BCUT2D eigenvalue weighted by Crippen LogP contribution is 2.31. The smallest absolute Gasteiger partial charge is 0.410 e. The molecule has 126 valence electrons. The molecule has 1 amide bonds. The Morgan fingerprint density at radius 3 is 2.23 bits per heavy atom. The molecule has 1 heterocycles. The van der Waals surface area contributed by atoms with Crippen LogP contribution in [0.1, 0.15) is 46.5 Å². The van der Waals surface area contributed by atoms with Gasteiger partial charge in [-0.15, -0.1) is 0 Å². The van der Waals surface area contributed by atoms with Crippen molar-refractivity contribution < 1.29 is 19.4 Å². The van der Waals surface area contributed by atoms with Crippen molar-refractivity contribution in [2.75, 3.05) is 26.2 Å². The van der Waals surface area contributed by atoms with Crippen LogP contribution in [0.15, 0.2) is 0 Å². The Kier molecular flexibility index (Phi) is 5.32. The summed E-state index contributed by atoms with van der Waals surface area (Å²) in [6.07, 6.45) is 3.82. The highest BCUT2D eigenvalue weighted by atomic mass is 16.6. The summed E-state index contributed by atoms with van der Waals surface area (Å²) in [6, 6.07) is 0.340. The van der Waals surface area contributed by atoms with Gasteiger partial charge in [0.05, 0.1) is 6.54 Å². The van der Waals surface area contributed by atoms with Crippen LogP contribution in [0.3, 0.4) is 0 Å². The lowest BCUT2D eigenvalue weighted by atomic mass is 9.96. The summed E-state index contributed by atoms with van der Waals surface area (Å²) in [5.74, 6) is -0.329. The first-order valence-electron chi connectivity index (χ1n) is 8.18. The molecule has 22 heavy (non-hydrogen) atoms. The molecule has 0 radical (unpaired) electrons. The van der Waals surface area contributed by atoms with Gasteiger partial charge in [-0.3, -0.25) is 9.69 Å². The van der Waals surface area contributed by atoms with Crippen molar-refractivity contribution in [1.29, 1.82) is 0 Å². The van der Waals surface area contributed by atoms with Crippen LogP contribution < -0.4 is 0 Å². The second-order valence-electron chi connectivity index (χ2n) is 7.48. The molecule has 2 aliphatic rings. The maximum atomic E-state index is 12.3. The standard InChI is InChI=1S/C16H28N2O4/c1-16(2,3)22-15(21)18(13-4-5-13)10-12-6-8-17(9-7-12)11-14(19)20/h12-13H,4-11H2,1-3H3,(H,19,20). The predicted octanol–water partition coefficient (Wildman–Crippen LogP) is 2.18. The number of nitrogens with zero attached hydrogens (tertiary/aromatic N) is 2. The van der Waals surface area contributed by atoms with E-state index in [0.717, 1.165) is 45.3 Å². The van der Waals surface area contributed by atoms with Gasteiger partial charge in [0.1, 0.15) is 5.60 Å². The van der Waals surface area contributed by atoms with Gasteiger partial charge in [0.15, 0.2) is 0 Å². The van der Waals surface area contributed by atoms with Crippen molar-refractivity contribution in [3.8, 4) is 0 Å². The molecule has 6 nitrogen and oxygen atoms in total. The summed E-state index contributed by atoms with van der Waals surface area (Å²) in [5, 5.41) is 8.83. The number of likely N-dealkylation sites (tertiary alicyclic amines) is 1. The van der Waals surface area contributed by atoms with Gasteiger partial charge in [-0.2, -0.15) is 0 Å². The minimum Gasteiger partial charge on any atom is -0.480 e. The van der Waals surface area contributed by atoms with E-state index in [-0.39, 0.29) is 12.6 Å². The van der Waals surface area contributed by atoms with Gasteiger partial charge in [0.2, 0.25) is 0 Å². The fraction of sp³-hybridized carbons (Fsp3) is 0.875. The van der Waals surface area contributed by atoms with Gasteiger partial charge in [-0.05, 0) is 65.5 Å². The zero-order valence-electron chi connectivity index (χ0n) is 13.9. The maximum Gasteiger partial charge on any atom is 0.410 e. The van der Waals surface area contributed by atoms with E-state index >= 15 is 0 Å². The molecule has 2 rings (SSSR count). The molecule has 0 aromatic heterocycles. The molecule has 1 aliphatic carbocycles. The third kappa shape index (κ3) is 5.48. The quantitative estimate of drug-likeness (QED) is 0.842. The molecule has 2 fully saturated rings. The van der Waals surface area contributed by atoms with E-state index in [1.165, 1.54) is 0 Å². The van der Waals surface area contributed by atoms with Crippen molar-refractivity contribution in [2.24, 2.45) is 5.92 Å². The second kappa shape index (κ2) is 6.86. The van der Waals surface area contributed by atoms with E-state index in [9.17, 15) is 9.59 Å². The largest absolute Gasteiger partial charge is 0.480 e. The van der Waals surface area contributed by atoms with Crippen LogP contribution in [-0.2, 0) is 9.53 Å². The Morgan fingerprint density at radius 1 is 1.18 bits per heavy atom. The topological polar surface area (TPSA) is 70.1 Å². The van der Waals surface area contributed by atoms with Crippen LogP contribution in [0, 0.1) is 5.92 Å². The zero-order chi connectivity index (χ0) is 16.3. The van der Waals surface area contributed by atoms with E-state index in [4.69, 9.17) is 9.84 Å². The summed E-state index contributed by atoms with van der Waals surface area (Å²) < 4.78 is 5.52. The van der Waals surface area contributed by atoms with Crippen LogP contribution in [0.2, 0.25) is 0 Å². The summed E-state index contributed by atoms with van der Waals surface area (Å²) in [7, 11) is 0. The number of piperidine rings is 1. The Balaban J connectivity index is 1.82. The fourth-order valence-electron chi connectivity index (χ4n) is 2.88. The number of carboxylic acids is 1. The van der Waals surface area contributed by atoms with Crippen LogP contribution in [0.25, 0.3) is 0 Å². The van der Waals surface area contributed by atoms with E-state index in [0.29, 0.717) is 12.0 Å². The molecule has 0 aromatic rings. The van der Waals surface area contributed by atoms with E-state index in [1.54, 1.807) is 0 Å². The van der Waals surface area contributed by atoms with Gasteiger partial charge in [-0.1, -0.05) is 0 Å². The number of carboxylic acid groups (broad SMARTS) is 1. The molecule has 0 aromatic carbocycles. The normalized spacial score (nSPS) is 20.7. The average Bonchev–Trinajstić information content (AvgIpc) is 3.19. The number of amides is 1. The first-order valence-corrected chi connectivity index (χ1v) is 8.18. The van der Waals surface area contributed by atoms with Crippen molar-refractivity contribution in [2.45, 2.75) is 58.1 Å². The maximum absolute atomic E-state index is 12.3. The average molecular weight is 312 g/mol. The third-order valence-electron chi connectivity index (χ3n) is 4.14. The fourth-order valence-corrected chi connectivity index (χ4v) is 2.88. The molecule has 0 spiro atoms. The third-order valence-corrected chi connectivity index (χ3v) is 4.14. The SMILES string of the molecule is CC(C)(C)OC(=O)N(CC1CCN(CC(=O)O)CC1)C1CC1. The first-order chi connectivity index (χ1) is 10.2. The van der Waals surface area contributed by atoms with Crippen molar-refractivity contribution in [3.05, 3.63) is 0 Å². The molecule has 1 aliphatic heterocycles. The summed E-state index contributed by atoms with van der Waals surface area (Å²) >= 11 is 0. The molecular weight excluding hydrogens is 284 g/mol. The van der Waals surface area contributed by atoms with Crippen molar-refractivity contribution in [1.82, 2.24) is 9.80 Å². The van der Waals surface area contributed by atoms with Crippen LogP contribution in [0.5, 0.6) is 0 Å².